The SMILES string of the molecule is COc1ccc(S(=O)(=O)N2CCN(Cc3ccc(C)cc3)CC2)cc1C. The van der Waals surface area contributed by atoms with Gasteiger partial charge in [-0.1, -0.05) is 29.8 Å². The molecule has 6 heteroatoms. The molecule has 2 aromatic rings. The summed E-state index contributed by atoms with van der Waals surface area (Å²) < 4.78 is 32.6. The van der Waals surface area contributed by atoms with Crippen LogP contribution in [0, 0.1) is 13.8 Å². The maximum absolute atomic E-state index is 12.9. The van der Waals surface area contributed by atoms with Gasteiger partial charge in [0.1, 0.15) is 5.75 Å². The Morgan fingerprint density at radius 1 is 0.962 bits per heavy atom. The molecule has 26 heavy (non-hydrogen) atoms. The Bertz CT molecular complexity index is 855. The van der Waals surface area contributed by atoms with E-state index in [2.05, 4.69) is 36.1 Å². The molecule has 1 aliphatic rings. The minimum Gasteiger partial charge on any atom is -0.496 e. The van der Waals surface area contributed by atoms with Gasteiger partial charge in [0, 0.05) is 32.7 Å². The van der Waals surface area contributed by atoms with E-state index in [0.29, 0.717) is 23.7 Å². The lowest BCUT2D eigenvalue weighted by Crippen LogP contribution is -2.48. The highest BCUT2D eigenvalue weighted by atomic mass is 32.2. The van der Waals surface area contributed by atoms with E-state index in [1.807, 2.05) is 6.92 Å². The Balaban J connectivity index is 1.65. The molecule has 5 nitrogen and oxygen atoms in total. The van der Waals surface area contributed by atoms with Gasteiger partial charge in [0.15, 0.2) is 0 Å². The number of nitrogens with zero attached hydrogens (tertiary/aromatic N) is 2. The van der Waals surface area contributed by atoms with Gasteiger partial charge in [-0.3, -0.25) is 4.90 Å². The third kappa shape index (κ3) is 4.09. The van der Waals surface area contributed by atoms with E-state index in [4.69, 9.17) is 4.74 Å². The zero-order valence-corrected chi connectivity index (χ0v) is 16.4. The van der Waals surface area contributed by atoms with Crippen molar-refractivity contribution in [1.82, 2.24) is 9.21 Å². The van der Waals surface area contributed by atoms with Gasteiger partial charge in [-0.2, -0.15) is 4.31 Å². The molecule has 1 aliphatic heterocycles. The van der Waals surface area contributed by atoms with Gasteiger partial charge in [-0.05, 0) is 43.2 Å². The van der Waals surface area contributed by atoms with Crippen molar-refractivity contribution in [3.8, 4) is 5.75 Å². The highest BCUT2D eigenvalue weighted by Gasteiger charge is 2.28. The van der Waals surface area contributed by atoms with Crippen molar-refractivity contribution < 1.29 is 13.2 Å². The number of methoxy groups -OCH3 is 1. The largest absolute Gasteiger partial charge is 0.496 e. The number of sulfonamides is 1. The lowest BCUT2D eigenvalue weighted by Gasteiger charge is -2.34. The lowest BCUT2D eigenvalue weighted by atomic mass is 10.1. The first-order chi connectivity index (χ1) is 12.4. The molecule has 140 valence electrons. The fraction of sp³-hybridized carbons (Fsp3) is 0.400. The Morgan fingerprint density at radius 3 is 2.19 bits per heavy atom. The Labute approximate surface area is 156 Å². The second kappa shape index (κ2) is 7.78. The molecule has 0 unspecified atom stereocenters. The van der Waals surface area contributed by atoms with E-state index in [9.17, 15) is 8.42 Å². The molecule has 1 fully saturated rings. The third-order valence-corrected chi connectivity index (χ3v) is 6.76. The molecule has 3 rings (SSSR count). The van der Waals surface area contributed by atoms with Crippen LogP contribution in [0.25, 0.3) is 0 Å². The fourth-order valence-electron chi connectivity index (χ4n) is 3.24. The molecule has 1 heterocycles. The van der Waals surface area contributed by atoms with E-state index in [0.717, 1.165) is 25.2 Å². The second-order valence-electron chi connectivity index (χ2n) is 6.80. The van der Waals surface area contributed by atoms with E-state index >= 15 is 0 Å². The molecule has 0 amide bonds. The molecule has 0 N–H and O–H groups in total. The molecule has 0 atom stereocenters. The molecule has 0 bridgehead atoms. The number of ether oxygens (including phenoxy) is 1. The summed E-state index contributed by atoms with van der Waals surface area (Å²) in [5.41, 5.74) is 3.34. The molecule has 0 saturated carbocycles. The first-order valence-electron chi connectivity index (χ1n) is 8.83. The van der Waals surface area contributed by atoms with Crippen molar-refractivity contribution in [3.05, 3.63) is 59.2 Å². The number of aryl methyl sites for hydroxylation is 2. The van der Waals surface area contributed by atoms with Crippen LogP contribution in [-0.2, 0) is 16.6 Å². The Hall–Kier alpha value is -1.89. The molecule has 0 radical (unpaired) electrons. The van der Waals surface area contributed by atoms with Gasteiger partial charge in [-0.25, -0.2) is 8.42 Å². The molecule has 1 saturated heterocycles. The van der Waals surface area contributed by atoms with Gasteiger partial charge in [0.05, 0.1) is 12.0 Å². The number of hydrogen-bond donors (Lipinski definition) is 0. The van der Waals surface area contributed by atoms with Crippen molar-refractivity contribution in [2.45, 2.75) is 25.3 Å². The van der Waals surface area contributed by atoms with Crippen molar-refractivity contribution >= 4 is 10.0 Å². The van der Waals surface area contributed by atoms with Crippen molar-refractivity contribution in [1.29, 1.82) is 0 Å². The van der Waals surface area contributed by atoms with E-state index in [-0.39, 0.29) is 0 Å². The third-order valence-electron chi connectivity index (χ3n) is 4.86. The van der Waals surface area contributed by atoms with Crippen molar-refractivity contribution in [2.75, 3.05) is 33.3 Å². The molecule has 0 aliphatic carbocycles. The Morgan fingerprint density at radius 2 is 1.62 bits per heavy atom. The highest BCUT2D eigenvalue weighted by Crippen LogP contribution is 2.24. The maximum atomic E-state index is 12.9. The van der Waals surface area contributed by atoms with Gasteiger partial charge in [-0.15, -0.1) is 0 Å². The number of piperazine rings is 1. The van der Waals surface area contributed by atoms with Gasteiger partial charge < -0.3 is 4.74 Å². The first kappa shape index (κ1) is 18.9. The second-order valence-corrected chi connectivity index (χ2v) is 8.74. The predicted octanol–water partition coefficient (Wildman–Crippen LogP) is 2.82. The van der Waals surface area contributed by atoms with Crippen LogP contribution in [0.15, 0.2) is 47.4 Å². The predicted molar refractivity (Wildman–Crippen MR) is 103 cm³/mol. The van der Waals surface area contributed by atoms with E-state index in [1.54, 1.807) is 29.6 Å². The number of rotatable bonds is 5. The van der Waals surface area contributed by atoms with Crippen molar-refractivity contribution in [3.63, 3.8) is 0 Å². The van der Waals surface area contributed by atoms with Gasteiger partial charge in [0.25, 0.3) is 0 Å². The zero-order chi connectivity index (χ0) is 18.7. The number of hydrogen-bond acceptors (Lipinski definition) is 4. The quantitative estimate of drug-likeness (QED) is 0.808. The summed E-state index contributed by atoms with van der Waals surface area (Å²) in [4.78, 5) is 2.64. The standard InChI is InChI=1S/C20H26N2O3S/c1-16-4-6-18(7-5-16)15-21-10-12-22(13-11-21)26(23,24)19-8-9-20(25-3)17(2)14-19/h4-9,14H,10-13,15H2,1-3H3. The van der Waals surface area contributed by atoms with Crippen molar-refractivity contribution in [2.24, 2.45) is 0 Å². The summed E-state index contributed by atoms with van der Waals surface area (Å²) in [5.74, 6) is 0.701. The van der Waals surface area contributed by atoms with E-state index < -0.39 is 10.0 Å². The van der Waals surface area contributed by atoms with Crippen LogP contribution in [0.4, 0.5) is 0 Å². The number of benzene rings is 2. The van der Waals surface area contributed by atoms with Crippen LogP contribution in [0.1, 0.15) is 16.7 Å². The summed E-state index contributed by atoms with van der Waals surface area (Å²) in [6.07, 6.45) is 0. The van der Waals surface area contributed by atoms with Crippen LogP contribution in [0.2, 0.25) is 0 Å². The Kier molecular flexibility index (Phi) is 5.65. The minimum absolute atomic E-state index is 0.336. The molecule has 2 aromatic carbocycles. The van der Waals surface area contributed by atoms with Gasteiger partial charge >= 0.3 is 0 Å². The monoisotopic (exact) mass is 374 g/mol. The summed E-state index contributed by atoms with van der Waals surface area (Å²) in [6.45, 7) is 7.30. The van der Waals surface area contributed by atoms with Gasteiger partial charge in [0.2, 0.25) is 10.0 Å². The fourth-order valence-corrected chi connectivity index (χ4v) is 4.75. The summed E-state index contributed by atoms with van der Waals surface area (Å²) in [5, 5.41) is 0. The van der Waals surface area contributed by atoms with Crippen LogP contribution < -0.4 is 4.74 Å². The van der Waals surface area contributed by atoms with Crippen LogP contribution in [-0.4, -0.2) is 50.9 Å². The molecule has 0 spiro atoms. The van der Waals surface area contributed by atoms with Crippen LogP contribution >= 0.6 is 0 Å². The first-order valence-corrected chi connectivity index (χ1v) is 10.3. The van der Waals surface area contributed by atoms with E-state index in [1.165, 1.54) is 11.1 Å². The zero-order valence-electron chi connectivity index (χ0n) is 15.6. The highest BCUT2D eigenvalue weighted by molar-refractivity contribution is 7.89. The molecule has 0 aromatic heterocycles. The maximum Gasteiger partial charge on any atom is 0.243 e. The smallest absolute Gasteiger partial charge is 0.243 e. The summed E-state index contributed by atoms with van der Waals surface area (Å²) >= 11 is 0. The van der Waals surface area contributed by atoms with Crippen LogP contribution in [0.5, 0.6) is 5.75 Å². The summed E-state index contributed by atoms with van der Waals surface area (Å²) in [7, 11) is -1.87. The lowest BCUT2D eigenvalue weighted by molar-refractivity contribution is 0.181. The average molecular weight is 375 g/mol. The van der Waals surface area contributed by atoms with Crippen LogP contribution in [0.3, 0.4) is 0 Å². The topological polar surface area (TPSA) is 49.9 Å². The molecular formula is C20H26N2O3S. The minimum atomic E-state index is -3.46. The molecular weight excluding hydrogens is 348 g/mol. The summed E-state index contributed by atoms with van der Waals surface area (Å²) in [6, 6.07) is 13.5. The average Bonchev–Trinajstić information content (AvgIpc) is 2.64. The normalized spacial score (nSPS) is 16.6.